The molecule has 154 valence electrons. The van der Waals surface area contributed by atoms with E-state index in [1.165, 1.54) is 4.31 Å². The molecule has 0 fully saturated rings. The van der Waals surface area contributed by atoms with Gasteiger partial charge in [-0.1, -0.05) is 36.4 Å². The van der Waals surface area contributed by atoms with Crippen LogP contribution in [0.25, 0.3) is 0 Å². The maximum absolute atomic E-state index is 13.4. The van der Waals surface area contributed by atoms with Gasteiger partial charge in [-0.3, -0.25) is 9.10 Å². The Bertz CT molecular complexity index is 1160. The normalized spacial score (nSPS) is 15.7. The average Bonchev–Trinajstić information content (AvgIpc) is 3.09. The van der Waals surface area contributed by atoms with E-state index in [0.29, 0.717) is 5.69 Å². The van der Waals surface area contributed by atoms with Crippen molar-refractivity contribution in [3.63, 3.8) is 0 Å². The van der Waals surface area contributed by atoms with Crippen LogP contribution in [0.3, 0.4) is 0 Å². The second-order valence-electron chi connectivity index (χ2n) is 7.25. The molecule has 0 saturated carbocycles. The summed E-state index contributed by atoms with van der Waals surface area (Å²) in [6.45, 7) is 1.72. The molecule has 7 heteroatoms. The molecule has 3 aromatic carbocycles. The monoisotopic (exact) mass is 532 g/mol. The van der Waals surface area contributed by atoms with Gasteiger partial charge in [-0.05, 0) is 84.0 Å². The molecule has 5 nitrogen and oxygen atoms in total. The van der Waals surface area contributed by atoms with Crippen molar-refractivity contribution in [3.8, 4) is 0 Å². The summed E-state index contributed by atoms with van der Waals surface area (Å²) in [5.74, 6) is -0.245. The van der Waals surface area contributed by atoms with Crippen LogP contribution in [0.1, 0.15) is 12.5 Å². The highest BCUT2D eigenvalue weighted by atomic mass is 127. The number of fused-ring (bicyclic) bond motifs is 1. The molecule has 0 bridgehead atoms. The number of carbonyl (C=O) groups is 1. The summed E-state index contributed by atoms with van der Waals surface area (Å²) < 4.78 is 29.1. The van der Waals surface area contributed by atoms with Crippen LogP contribution < -0.4 is 9.21 Å². The molecule has 0 radical (unpaired) electrons. The third-order valence-electron chi connectivity index (χ3n) is 5.20. The molecule has 1 heterocycles. The molecule has 1 atom stereocenters. The highest BCUT2D eigenvalue weighted by Gasteiger charge is 2.34. The van der Waals surface area contributed by atoms with Crippen molar-refractivity contribution in [2.45, 2.75) is 24.3 Å². The molecule has 30 heavy (non-hydrogen) atoms. The summed E-state index contributed by atoms with van der Waals surface area (Å²) in [6.07, 6.45) is 0.761. The van der Waals surface area contributed by atoms with Crippen LogP contribution in [0, 0.1) is 3.57 Å². The number of rotatable bonds is 5. The quantitative estimate of drug-likeness (QED) is 0.456. The summed E-state index contributed by atoms with van der Waals surface area (Å²) in [6, 6.07) is 23.1. The standard InChI is InChI=1S/C23H21IN2O3S/c1-17-15-18-7-5-6-10-22(18)26(17)23(27)16-25(20-13-11-19(24)12-14-20)30(28,29)21-8-3-2-4-9-21/h2-14,17H,15-16H2,1H3/t17-/m0/s1. The first-order chi connectivity index (χ1) is 14.4. The number of halogens is 1. The van der Waals surface area contributed by atoms with Gasteiger partial charge < -0.3 is 4.90 Å². The molecule has 0 aromatic heterocycles. The van der Waals surface area contributed by atoms with Crippen molar-refractivity contribution in [2.24, 2.45) is 0 Å². The molecular formula is C23H21IN2O3S. The lowest BCUT2D eigenvalue weighted by Gasteiger charge is -2.29. The second-order valence-corrected chi connectivity index (χ2v) is 10.4. The van der Waals surface area contributed by atoms with Gasteiger partial charge in [0.15, 0.2) is 0 Å². The molecular weight excluding hydrogens is 511 g/mol. The SMILES string of the molecule is C[C@H]1Cc2ccccc2N1C(=O)CN(c1ccc(I)cc1)S(=O)(=O)c1ccccc1. The number of sulfonamides is 1. The molecule has 0 aliphatic carbocycles. The molecule has 0 spiro atoms. The zero-order valence-electron chi connectivity index (χ0n) is 16.4. The topological polar surface area (TPSA) is 57.7 Å². The van der Waals surface area contributed by atoms with E-state index in [9.17, 15) is 13.2 Å². The average molecular weight is 532 g/mol. The molecule has 0 saturated heterocycles. The van der Waals surface area contributed by atoms with E-state index >= 15 is 0 Å². The van der Waals surface area contributed by atoms with Crippen molar-refractivity contribution in [1.29, 1.82) is 0 Å². The lowest BCUT2D eigenvalue weighted by molar-refractivity contribution is -0.117. The van der Waals surface area contributed by atoms with Gasteiger partial charge in [-0.2, -0.15) is 0 Å². The minimum Gasteiger partial charge on any atom is -0.307 e. The number of hydrogen-bond acceptors (Lipinski definition) is 3. The van der Waals surface area contributed by atoms with Crippen molar-refractivity contribution in [2.75, 3.05) is 15.7 Å². The van der Waals surface area contributed by atoms with E-state index in [4.69, 9.17) is 0 Å². The van der Waals surface area contributed by atoms with E-state index in [-0.39, 0.29) is 23.4 Å². The largest absolute Gasteiger partial charge is 0.307 e. The van der Waals surface area contributed by atoms with Gasteiger partial charge in [-0.25, -0.2) is 8.42 Å². The smallest absolute Gasteiger partial charge is 0.264 e. The summed E-state index contributed by atoms with van der Waals surface area (Å²) in [5.41, 5.74) is 2.42. The minimum absolute atomic E-state index is 0.0205. The van der Waals surface area contributed by atoms with Crippen LogP contribution in [0.15, 0.2) is 83.8 Å². The Kier molecular flexibility index (Phi) is 5.84. The molecule has 0 unspecified atom stereocenters. The number of para-hydroxylation sites is 1. The number of amides is 1. The zero-order valence-corrected chi connectivity index (χ0v) is 19.4. The Labute approximate surface area is 190 Å². The van der Waals surface area contributed by atoms with Crippen molar-refractivity contribution < 1.29 is 13.2 Å². The summed E-state index contributed by atoms with van der Waals surface area (Å²) in [4.78, 5) is 15.2. The van der Waals surface area contributed by atoms with E-state index in [1.807, 2.05) is 43.3 Å². The number of carbonyl (C=O) groups excluding carboxylic acids is 1. The van der Waals surface area contributed by atoms with Crippen molar-refractivity contribution in [1.82, 2.24) is 0 Å². The van der Waals surface area contributed by atoms with Gasteiger partial charge >= 0.3 is 0 Å². The van der Waals surface area contributed by atoms with Crippen LogP contribution in [0.4, 0.5) is 11.4 Å². The van der Waals surface area contributed by atoms with Gasteiger partial charge in [0, 0.05) is 15.3 Å². The predicted molar refractivity (Wildman–Crippen MR) is 127 cm³/mol. The van der Waals surface area contributed by atoms with Crippen LogP contribution >= 0.6 is 22.6 Å². The molecule has 3 aromatic rings. The first-order valence-electron chi connectivity index (χ1n) is 9.61. The first-order valence-corrected chi connectivity index (χ1v) is 12.1. The summed E-state index contributed by atoms with van der Waals surface area (Å²) >= 11 is 2.17. The third kappa shape index (κ3) is 3.96. The lowest BCUT2D eigenvalue weighted by atomic mass is 10.1. The number of hydrogen-bond donors (Lipinski definition) is 0. The Balaban J connectivity index is 1.72. The molecule has 1 amide bonds. The maximum atomic E-state index is 13.4. The lowest BCUT2D eigenvalue weighted by Crippen LogP contribution is -2.45. The third-order valence-corrected chi connectivity index (χ3v) is 7.71. The molecule has 1 aliphatic heterocycles. The number of benzene rings is 3. The summed E-state index contributed by atoms with van der Waals surface area (Å²) in [5, 5.41) is 0. The summed E-state index contributed by atoms with van der Waals surface area (Å²) in [7, 11) is -3.90. The second kappa shape index (κ2) is 8.39. The van der Waals surface area contributed by atoms with Crippen LogP contribution in [-0.2, 0) is 21.2 Å². The van der Waals surface area contributed by atoms with Crippen molar-refractivity contribution in [3.05, 3.63) is 88.0 Å². The number of nitrogens with zero attached hydrogens (tertiary/aromatic N) is 2. The van der Waals surface area contributed by atoms with E-state index in [1.54, 1.807) is 47.4 Å². The van der Waals surface area contributed by atoms with Gasteiger partial charge in [0.05, 0.1) is 10.6 Å². The Morgan fingerprint density at radius 2 is 1.63 bits per heavy atom. The van der Waals surface area contributed by atoms with Crippen LogP contribution in [0.2, 0.25) is 0 Å². The highest BCUT2D eigenvalue weighted by molar-refractivity contribution is 14.1. The minimum atomic E-state index is -3.90. The van der Waals surface area contributed by atoms with Gasteiger partial charge in [0.2, 0.25) is 5.91 Å². The maximum Gasteiger partial charge on any atom is 0.264 e. The van der Waals surface area contributed by atoms with Gasteiger partial charge in [-0.15, -0.1) is 0 Å². The molecule has 1 aliphatic rings. The Hall–Kier alpha value is -2.39. The zero-order chi connectivity index (χ0) is 21.3. The Morgan fingerprint density at radius 1 is 1.00 bits per heavy atom. The van der Waals surface area contributed by atoms with Crippen molar-refractivity contribution >= 4 is 49.9 Å². The molecule has 0 N–H and O–H groups in total. The van der Waals surface area contributed by atoms with Crippen LogP contribution in [0.5, 0.6) is 0 Å². The first kappa shape index (κ1) is 20.9. The fourth-order valence-corrected chi connectivity index (χ4v) is 5.58. The fourth-order valence-electron chi connectivity index (χ4n) is 3.79. The molecule has 4 rings (SSSR count). The number of anilines is 2. The van der Waals surface area contributed by atoms with E-state index in [2.05, 4.69) is 22.6 Å². The fraction of sp³-hybridized carbons (Fsp3) is 0.174. The highest BCUT2D eigenvalue weighted by Crippen LogP contribution is 2.33. The van der Waals surface area contributed by atoms with E-state index in [0.717, 1.165) is 21.2 Å². The van der Waals surface area contributed by atoms with Gasteiger partial charge in [0.25, 0.3) is 10.0 Å². The van der Waals surface area contributed by atoms with Gasteiger partial charge in [0.1, 0.15) is 6.54 Å². The predicted octanol–water partition coefficient (Wildman–Crippen LogP) is 4.46. The van der Waals surface area contributed by atoms with E-state index < -0.39 is 10.0 Å². The Morgan fingerprint density at radius 3 is 2.33 bits per heavy atom. The van der Waals surface area contributed by atoms with Crippen LogP contribution in [-0.4, -0.2) is 26.9 Å².